The van der Waals surface area contributed by atoms with Crippen molar-refractivity contribution in [2.45, 2.75) is 18.6 Å². The van der Waals surface area contributed by atoms with Crippen molar-refractivity contribution in [1.29, 1.82) is 0 Å². The fourth-order valence-corrected chi connectivity index (χ4v) is 1.42. The molecule has 0 spiro atoms. The maximum Gasteiger partial charge on any atom is 0.328 e. The van der Waals surface area contributed by atoms with Crippen LogP contribution in [0.15, 0.2) is 15.6 Å². The molecule has 1 rings (SSSR count). The van der Waals surface area contributed by atoms with Crippen LogP contribution < -0.4 is 0 Å². The first-order chi connectivity index (χ1) is 5.95. The summed E-state index contributed by atoms with van der Waals surface area (Å²) in [6.07, 6.45) is 0. The van der Waals surface area contributed by atoms with E-state index in [1.165, 1.54) is 13.2 Å². The fraction of sp³-hybridized carbons (Fsp3) is 0.429. The molecule has 0 aromatic carbocycles. The van der Waals surface area contributed by atoms with Gasteiger partial charge in [0.15, 0.2) is 0 Å². The second-order valence-electron chi connectivity index (χ2n) is 2.58. The van der Waals surface area contributed by atoms with E-state index in [2.05, 4.69) is 0 Å². The Morgan fingerprint density at radius 1 is 1.62 bits per heavy atom. The van der Waals surface area contributed by atoms with E-state index in [0.29, 0.717) is 11.3 Å². The molecular formula is C7H10O5S. The first kappa shape index (κ1) is 10.2. The van der Waals surface area contributed by atoms with E-state index in [1.807, 2.05) is 0 Å². The summed E-state index contributed by atoms with van der Waals surface area (Å²) in [5, 5.41) is -0.447. The number of ether oxygens (including phenoxy) is 1. The molecule has 74 valence electrons. The lowest BCUT2D eigenvalue weighted by Crippen LogP contribution is -1.95. The van der Waals surface area contributed by atoms with Crippen molar-refractivity contribution in [2.24, 2.45) is 0 Å². The number of methoxy groups -OCH3 is 1. The van der Waals surface area contributed by atoms with Gasteiger partial charge in [0, 0.05) is 13.2 Å². The molecule has 0 radical (unpaired) electrons. The lowest BCUT2D eigenvalue weighted by molar-refractivity contribution is 0.158. The molecule has 6 heteroatoms. The van der Waals surface area contributed by atoms with Crippen molar-refractivity contribution >= 4 is 10.1 Å². The predicted octanol–water partition coefficient (Wildman–Crippen LogP) is 0.981. The van der Waals surface area contributed by atoms with Crippen molar-refractivity contribution in [2.75, 3.05) is 7.11 Å². The van der Waals surface area contributed by atoms with Crippen molar-refractivity contribution in [1.82, 2.24) is 0 Å². The average molecular weight is 206 g/mol. The van der Waals surface area contributed by atoms with Crippen LogP contribution in [0.25, 0.3) is 0 Å². The van der Waals surface area contributed by atoms with Gasteiger partial charge in [-0.3, -0.25) is 4.55 Å². The molecule has 0 saturated heterocycles. The molecule has 0 bridgehead atoms. The van der Waals surface area contributed by atoms with E-state index >= 15 is 0 Å². The van der Waals surface area contributed by atoms with Gasteiger partial charge in [0.05, 0.1) is 0 Å². The zero-order chi connectivity index (χ0) is 10.1. The highest BCUT2D eigenvalue weighted by Crippen LogP contribution is 2.19. The number of rotatable bonds is 3. The summed E-state index contributed by atoms with van der Waals surface area (Å²) < 4.78 is 39.5. The quantitative estimate of drug-likeness (QED) is 0.746. The Morgan fingerprint density at radius 3 is 2.62 bits per heavy atom. The van der Waals surface area contributed by atoms with E-state index in [9.17, 15) is 8.42 Å². The Kier molecular flexibility index (Phi) is 2.74. The third kappa shape index (κ3) is 2.30. The lowest BCUT2D eigenvalue weighted by Gasteiger charge is -1.94. The van der Waals surface area contributed by atoms with Gasteiger partial charge < -0.3 is 9.15 Å². The van der Waals surface area contributed by atoms with Crippen LogP contribution in [0.2, 0.25) is 0 Å². The molecule has 0 saturated carbocycles. The van der Waals surface area contributed by atoms with Gasteiger partial charge in [0.1, 0.15) is 12.4 Å². The molecule has 0 fully saturated rings. The highest BCUT2D eigenvalue weighted by atomic mass is 32.2. The van der Waals surface area contributed by atoms with Gasteiger partial charge in [0.2, 0.25) is 5.09 Å². The zero-order valence-electron chi connectivity index (χ0n) is 7.27. The first-order valence-corrected chi connectivity index (χ1v) is 4.95. The second kappa shape index (κ2) is 3.49. The van der Waals surface area contributed by atoms with Crippen LogP contribution >= 0.6 is 0 Å². The number of aryl methyl sites for hydroxylation is 1. The van der Waals surface area contributed by atoms with Crippen molar-refractivity contribution in [3.63, 3.8) is 0 Å². The zero-order valence-corrected chi connectivity index (χ0v) is 8.09. The number of hydrogen-bond acceptors (Lipinski definition) is 4. The van der Waals surface area contributed by atoms with Crippen LogP contribution in [0.4, 0.5) is 0 Å². The normalized spacial score (nSPS) is 11.9. The Morgan fingerprint density at radius 2 is 2.23 bits per heavy atom. The minimum Gasteiger partial charge on any atom is -0.445 e. The molecule has 1 N–H and O–H groups in total. The van der Waals surface area contributed by atoms with Crippen LogP contribution in [0.3, 0.4) is 0 Å². The molecule has 0 aliphatic carbocycles. The molecule has 0 aliphatic rings. The SMILES string of the molecule is COCc1oc(S(=O)(=O)O)cc1C. The van der Waals surface area contributed by atoms with E-state index in [1.54, 1.807) is 6.92 Å². The van der Waals surface area contributed by atoms with Gasteiger partial charge in [-0.05, 0) is 12.5 Å². The van der Waals surface area contributed by atoms with E-state index in [-0.39, 0.29) is 6.61 Å². The molecule has 0 aliphatic heterocycles. The van der Waals surface area contributed by atoms with E-state index < -0.39 is 15.2 Å². The first-order valence-electron chi connectivity index (χ1n) is 3.51. The smallest absolute Gasteiger partial charge is 0.328 e. The van der Waals surface area contributed by atoms with Crippen molar-refractivity contribution in [3.8, 4) is 0 Å². The maximum atomic E-state index is 10.6. The monoisotopic (exact) mass is 206 g/mol. The van der Waals surface area contributed by atoms with Crippen LogP contribution in [0, 0.1) is 6.92 Å². The Balaban J connectivity index is 3.09. The van der Waals surface area contributed by atoms with Gasteiger partial charge in [-0.15, -0.1) is 0 Å². The summed E-state index contributed by atoms with van der Waals surface area (Å²) in [5.41, 5.74) is 0.634. The summed E-state index contributed by atoms with van der Waals surface area (Å²) in [6, 6.07) is 1.25. The third-order valence-corrected chi connectivity index (χ3v) is 2.24. The summed E-state index contributed by atoms with van der Waals surface area (Å²) >= 11 is 0. The van der Waals surface area contributed by atoms with Gasteiger partial charge in [-0.2, -0.15) is 8.42 Å². The van der Waals surface area contributed by atoms with E-state index in [4.69, 9.17) is 13.7 Å². The molecule has 0 atom stereocenters. The molecule has 1 aromatic rings. The molecule has 5 nitrogen and oxygen atoms in total. The van der Waals surface area contributed by atoms with Gasteiger partial charge in [0.25, 0.3) is 0 Å². The largest absolute Gasteiger partial charge is 0.445 e. The van der Waals surface area contributed by atoms with Crippen LogP contribution in [0.5, 0.6) is 0 Å². The molecule has 1 heterocycles. The minimum absolute atomic E-state index is 0.182. The molecule has 0 unspecified atom stereocenters. The van der Waals surface area contributed by atoms with Gasteiger partial charge in [-0.1, -0.05) is 0 Å². The van der Waals surface area contributed by atoms with Crippen molar-refractivity contribution < 1.29 is 22.1 Å². The van der Waals surface area contributed by atoms with Crippen molar-refractivity contribution in [3.05, 3.63) is 17.4 Å². The minimum atomic E-state index is -4.25. The van der Waals surface area contributed by atoms with Crippen LogP contribution in [-0.2, 0) is 21.5 Å². The Labute approximate surface area is 76.1 Å². The number of hydrogen-bond donors (Lipinski definition) is 1. The van der Waals surface area contributed by atoms with E-state index in [0.717, 1.165) is 0 Å². The third-order valence-electron chi connectivity index (χ3n) is 1.53. The highest BCUT2D eigenvalue weighted by Gasteiger charge is 2.17. The Bertz CT molecular complexity index is 389. The summed E-state index contributed by atoms with van der Waals surface area (Å²) in [7, 11) is -2.78. The summed E-state index contributed by atoms with van der Waals surface area (Å²) in [5.74, 6) is 0.398. The van der Waals surface area contributed by atoms with Gasteiger partial charge >= 0.3 is 10.1 Å². The highest BCUT2D eigenvalue weighted by molar-refractivity contribution is 7.85. The standard InChI is InChI=1S/C7H10O5S/c1-5-3-7(13(8,9)10)12-6(5)4-11-2/h3H,4H2,1-2H3,(H,8,9,10). The molecular weight excluding hydrogens is 196 g/mol. The fourth-order valence-electron chi connectivity index (χ4n) is 0.890. The Hall–Kier alpha value is -0.850. The topological polar surface area (TPSA) is 76.7 Å². The average Bonchev–Trinajstić information content (AvgIpc) is 2.32. The maximum absolute atomic E-state index is 10.6. The summed E-state index contributed by atoms with van der Waals surface area (Å²) in [6.45, 7) is 1.86. The summed E-state index contributed by atoms with van der Waals surface area (Å²) in [4.78, 5) is 0. The number of furan rings is 1. The van der Waals surface area contributed by atoms with Crippen LogP contribution in [0.1, 0.15) is 11.3 Å². The van der Waals surface area contributed by atoms with Crippen LogP contribution in [-0.4, -0.2) is 20.1 Å². The second-order valence-corrected chi connectivity index (χ2v) is 3.93. The van der Waals surface area contributed by atoms with Gasteiger partial charge in [-0.25, -0.2) is 0 Å². The molecule has 0 amide bonds. The predicted molar refractivity (Wildman–Crippen MR) is 44.0 cm³/mol. The molecule has 13 heavy (non-hydrogen) atoms. The molecule has 1 aromatic heterocycles. The lowest BCUT2D eigenvalue weighted by atomic mass is 10.3.